The number of amides is 2. The predicted octanol–water partition coefficient (Wildman–Crippen LogP) is 3.11. The minimum Gasteiger partial charge on any atom is -0.347 e. The third kappa shape index (κ3) is 3.88. The number of aromatic nitrogens is 2. The third-order valence-electron chi connectivity index (χ3n) is 5.41. The number of aryl methyl sites for hydroxylation is 1. The van der Waals surface area contributed by atoms with Gasteiger partial charge in [0.05, 0.1) is 13.6 Å². The molecule has 4 rings (SSSR count). The molecule has 7 heteroatoms. The van der Waals surface area contributed by atoms with Crippen LogP contribution in [0.1, 0.15) is 29.9 Å². The van der Waals surface area contributed by atoms with Gasteiger partial charge in [0.15, 0.2) is 5.82 Å². The van der Waals surface area contributed by atoms with Crippen molar-refractivity contribution in [2.45, 2.75) is 31.7 Å². The first-order valence-corrected chi connectivity index (χ1v) is 10.00. The molecule has 0 spiro atoms. The van der Waals surface area contributed by atoms with Crippen LogP contribution in [-0.2, 0) is 0 Å². The van der Waals surface area contributed by atoms with Crippen molar-refractivity contribution >= 4 is 33.5 Å². The van der Waals surface area contributed by atoms with Gasteiger partial charge in [-0.05, 0) is 42.7 Å². The number of benzene rings is 1. The first-order valence-electron chi connectivity index (χ1n) is 9.20. The van der Waals surface area contributed by atoms with Crippen molar-refractivity contribution in [3.05, 3.63) is 52.1 Å². The van der Waals surface area contributed by atoms with Crippen LogP contribution < -0.4 is 10.2 Å². The molecule has 6 nitrogen and oxygen atoms in total. The quantitative estimate of drug-likeness (QED) is 0.762. The average Bonchev–Trinajstić information content (AvgIpc) is 3.26. The molecular weight excluding hydrogens is 406 g/mol. The largest absolute Gasteiger partial charge is 0.491 e. The lowest BCUT2D eigenvalue weighted by molar-refractivity contribution is -0.395. The number of nitrogens with one attached hydrogen (secondary N) is 1. The summed E-state index contributed by atoms with van der Waals surface area (Å²) in [7, 11) is 1.85. The smallest absolute Gasteiger partial charge is 0.347 e. The number of hydrogen-bond acceptors (Lipinski definition) is 4. The molecule has 2 heterocycles. The van der Waals surface area contributed by atoms with Gasteiger partial charge in [0, 0.05) is 29.6 Å². The summed E-state index contributed by atoms with van der Waals surface area (Å²) in [5.74, 6) is 1.27. The SMILES string of the molecule is Cc1cc([C@H]2C[C@@H]2NC(=O)/[N+](C)=C2\CCN(c3cccnn3)C2)ccc1Br. The Morgan fingerprint density at radius 3 is 2.96 bits per heavy atom. The van der Waals surface area contributed by atoms with Crippen molar-refractivity contribution in [1.29, 1.82) is 0 Å². The Kier molecular flexibility index (Phi) is 4.95. The van der Waals surface area contributed by atoms with Gasteiger partial charge in [-0.25, -0.2) is 9.89 Å². The van der Waals surface area contributed by atoms with Gasteiger partial charge in [-0.1, -0.05) is 28.1 Å². The minimum atomic E-state index is -0.0210. The zero-order chi connectivity index (χ0) is 19.0. The molecule has 2 aromatic rings. The van der Waals surface area contributed by atoms with Crippen LogP contribution in [0.25, 0.3) is 0 Å². The van der Waals surface area contributed by atoms with E-state index in [0.29, 0.717) is 12.5 Å². The Hall–Kier alpha value is -2.28. The summed E-state index contributed by atoms with van der Waals surface area (Å²) in [5.41, 5.74) is 3.63. The molecule has 2 atom stereocenters. The summed E-state index contributed by atoms with van der Waals surface area (Å²) < 4.78 is 2.89. The monoisotopic (exact) mass is 428 g/mol. The van der Waals surface area contributed by atoms with E-state index in [0.717, 1.165) is 35.4 Å². The van der Waals surface area contributed by atoms with E-state index >= 15 is 0 Å². The molecule has 140 valence electrons. The maximum atomic E-state index is 12.7. The number of hydrogen-bond donors (Lipinski definition) is 1. The first kappa shape index (κ1) is 18.1. The molecule has 1 aromatic carbocycles. The van der Waals surface area contributed by atoms with Gasteiger partial charge in [0.25, 0.3) is 0 Å². The van der Waals surface area contributed by atoms with Crippen LogP contribution in [0.2, 0.25) is 0 Å². The standard InChI is InChI=1S/C20H22BrN5O/c1-13-10-14(5-6-17(13)21)16-11-18(16)23-20(27)25(2)15-7-9-26(12-15)19-4-3-8-22-24-19/h3-6,8,10,16,18H,7,9,11-12H2,1-2H3/p+1/b25-15+/t16-,18+/m1/s1. The van der Waals surface area contributed by atoms with Gasteiger partial charge >= 0.3 is 6.03 Å². The van der Waals surface area contributed by atoms with Crippen LogP contribution >= 0.6 is 15.9 Å². The molecule has 1 aliphatic heterocycles. The van der Waals surface area contributed by atoms with Gasteiger partial charge in [0.2, 0.25) is 0 Å². The van der Waals surface area contributed by atoms with Crippen LogP contribution in [0.3, 0.4) is 0 Å². The molecule has 1 aromatic heterocycles. The lowest BCUT2D eigenvalue weighted by atomic mass is 10.1. The Morgan fingerprint density at radius 1 is 1.37 bits per heavy atom. The molecule has 1 saturated heterocycles. The van der Waals surface area contributed by atoms with Crippen LogP contribution in [0.4, 0.5) is 10.6 Å². The molecule has 0 unspecified atom stereocenters. The topological polar surface area (TPSA) is 61.1 Å². The molecule has 27 heavy (non-hydrogen) atoms. The number of carbonyl (C=O) groups is 1. The van der Waals surface area contributed by atoms with Crippen molar-refractivity contribution in [2.24, 2.45) is 0 Å². The molecule has 1 N–H and O–H groups in total. The number of anilines is 1. The number of rotatable bonds is 3. The molecule has 1 saturated carbocycles. The molecule has 2 fully saturated rings. The Labute approximate surface area is 167 Å². The molecule has 0 radical (unpaired) electrons. The van der Waals surface area contributed by atoms with E-state index < -0.39 is 0 Å². The van der Waals surface area contributed by atoms with E-state index in [1.807, 2.05) is 19.2 Å². The van der Waals surface area contributed by atoms with Crippen LogP contribution in [0, 0.1) is 6.92 Å². The highest BCUT2D eigenvalue weighted by Crippen LogP contribution is 2.41. The number of urea groups is 1. The average molecular weight is 429 g/mol. The normalized spacial score (nSPS) is 23.3. The van der Waals surface area contributed by atoms with E-state index in [-0.39, 0.29) is 12.1 Å². The summed E-state index contributed by atoms with van der Waals surface area (Å²) in [6.07, 6.45) is 3.53. The molecule has 2 amide bonds. The van der Waals surface area contributed by atoms with Crippen molar-refractivity contribution < 1.29 is 9.37 Å². The minimum absolute atomic E-state index is 0.0210. The lowest BCUT2D eigenvalue weighted by Crippen LogP contribution is -2.37. The zero-order valence-corrected chi connectivity index (χ0v) is 17.1. The predicted molar refractivity (Wildman–Crippen MR) is 109 cm³/mol. The van der Waals surface area contributed by atoms with Crippen LogP contribution in [0.15, 0.2) is 41.0 Å². The van der Waals surface area contributed by atoms with Crippen molar-refractivity contribution in [1.82, 2.24) is 15.5 Å². The number of nitrogens with zero attached hydrogens (tertiary/aromatic N) is 4. The first-order chi connectivity index (χ1) is 13.0. The van der Waals surface area contributed by atoms with E-state index in [2.05, 4.69) is 61.5 Å². The highest BCUT2D eigenvalue weighted by Gasteiger charge is 2.44. The fourth-order valence-electron chi connectivity index (χ4n) is 3.59. The van der Waals surface area contributed by atoms with Crippen molar-refractivity contribution in [3.8, 4) is 0 Å². The van der Waals surface area contributed by atoms with Gasteiger partial charge in [-0.2, -0.15) is 9.89 Å². The summed E-state index contributed by atoms with van der Waals surface area (Å²) >= 11 is 3.54. The van der Waals surface area contributed by atoms with Crippen LogP contribution in [0.5, 0.6) is 0 Å². The number of carbonyl (C=O) groups excluding carboxylic acids is 1. The van der Waals surface area contributed by atoms with Crippen molar-refractivity contribution in [3.63, 3.8) is 0 Å². The third-order valence-corrected chi connectivity index (χ3v) is 6.30. The number of halogens is 1. The Morgan fingerprint density at radius 2 is 2.22 bits per heavy atom. The summed E-state index contributed by atoms with van der Waals surface area (Å²) in [6, 6.07) is 10.5. The molecular formula is C20H23BrN5O+. The van der Waals surface area contributed by atoms with Gasteiger partial charge in [0.1, 0.15) is 11.8 Å². The summed E-state index contributed by atoms with van der Waals surface area (Å²) in [5, 5.41) is 11.3. The van der Waals surface area contributed by atoms with E-state index in [9.17, 15) is 4.79 Å². The Bertz CT molecular complexity index is 899. The second-order valence-corrected chi connectivity index (χ2v) is 8.14. The summed E-state index contributed by atoms with van der Waals surface area (Å²) in [6.45, 7) is 3.66. The maximum absolute atomic E-state index is 12.7. The van der Waals surface area contributed by atoms with Crippen molar-refractivity contribution in [2.75, 3.05) is 25.0 Å². The van der Waals surface area contributed by atoms with E-state index in [1.165, 1.54) is 11.1 Å². The van der Waals surface area contributed by atoms with Crippen LogP contribution in [-0.4, -0.2) is 52.7 Å². The molecule has 2 aliphatic rings. The summed E-state index contributed by atoms with van der Waals surface area (Å²) in [4.78, 5) is 14.8. The zero-order valence-electron chi connectivity index (χ0n) is 15.5. The highest BCUT2D eigenvalue weighted by molar-refractivity contribution is 9.10. The molecule has 0 bridgehead atoms. The van der Waals surface area contributed by atoms with E-state index in [1.54, 1.807) is 10.8 Å². The highest BCUT2D eigenvalue weighted by atomic mass is 79.9. The second-order valence-electron chi connectivity index (χ2n) is 7.29. The van der Waals surface area contributed by atoms with Gasteiger partial charge in [-0.3, -0.25) is 0 Å². The fourth-order valence-corrected chi connectivity index (χ4v) is 3.84. The maximum Gasteiger partial charge on any atom is 0.491 e. The van der Waals surface area contributed by atoms with E-state index in [4.69, 9.17) is 0 Å². The second kappa shape index (κ2) is 7.38. The Balaban J connectivity index is 1.37. The van der Waals surface area contributed by atoms with Gasteiger partial charge in [-0.15, -0.1) is 5.10 Å². The van der Waals surface area contributed by atoms with Gasteiger partial charge < -0.3 is 4.90 Å². The lowest BCUT2D eigenvalue weighted by Gasteiger charge is -2.13. The molecule has 1 aliphatic carbocycles. The fraction of sp³-hybridized carbons (Fsp3) is 0.400.